The molecular formula is C24H37N3O5. The molecule has 1 aromatic carbocycles. The highest BCUT2D eigenvalue weighted by Gasteiger charge is 2.20. The Hall–Kier alpha value is -2.77. The van der Waals surface area contributed by atoms with Crippen molar-refractivity contribution in [2.24, 2.45) is 11.8 Å². The minimum atomic E-state index is -0.839. The maximum atomic E-state index is 12.7. The molecule has 0 saturated heterocycles. The van der Waals surface area contributed by atoms with Gasteiger partial charge in [-0.25, -0.2) is 0 Å². The molecule has 1 saturated carbocycles. The van der Waals surface area contributed by atoms with E-state index in [4.69, 9.17) is 9.84 Å². The minimum Gasteiger partial charge on any atom is -0.494 e. The van der Waals surface area contributed by atoms with E-state index >= 15 is 0 Å². The molecule has 1 aliphatic carbocycles. The predicted molar refractivity (Wildman–Crippen MR) is 123 cm³/mol. The molecule has 0 aromatic heterocycles. The van der Waals surface area contributed by atoms with Crippen molar-refractivity contribution in [1.29, 1.82) is 0 Å². The van der Waals surface area contributed by atoms with Crippen molar-refractivity contribution in [3.05, 3.63) is 24.3 Å². The number of hydrogen-bond acceptors (Lipinski definition) is 5. The number of anilines is 1. The van der Waals surface area contributed by atoms with Crippen molar-refractivity contribution in [3.8, 4) is 5.75 Å². The Kier molecular flexibility index (Phi) is 10.8. The summed E-state index contributed by atoms with van der Waals surface area (Å²) in [5.41, 5.74) is 3.55. The van der Waals surface area contributed by atoms with Crippen molar-refractivity contribution >= 4 is 23.5 Å². The zero-order valence-electron chi connectivity index (χ0n) is 19.3. The number of carboxylic acids is 1. The lowest BCUT2D eigenvalue weighted by Crippen LogP contribution is -2.49. The largest absolute Gasteiger partial charge is 0.494 e. The number of nitrogens with zero attached hydrogens (tertiary/aromatic N) is 1. The third kappa shape index (κ3) is 10.0. The highest BCUT2D eigenvalue weighted by atomic mass is 16.5. The van der Waals surface area contributed by atoms with Crippen LogP contribution in [0.4, 0.5) is 5.69 Å². The lowest BCUT2D eigenvalue weighted by Gasteiger charge is -2.25. The molecule has 0 atom stereocenters. The molecule has 0 heterocycles. The van der Waals surface area contributed by atoms with E-state index < -0.39 is 5.97 Å². The monoisotopic (exact) mass is 447 g/mol. The number of amides is 2. The van der Waals surface area contributed by atoms with Crippen molar-refractivity contribution in [2.45, 2.75) is 65.2 Å². The number of nitrogens with one attached hydrogen (secondary N) is 2. The number of carboxylic acid groups (broad SMARTS) is 1. The van der Waals surface area contributed by atoms with Gasteiger partial charge in [0, 0.05) is 25.1 Å². The summed E-state index contributed by atoms with van der Waals surface area (Å²) in [5.74, 6) is 0.377. The number of carbonyl (C=O) groups is 3. The van der Waals surface area contributed by atoms with Gasteiger partial charge in [0.1, 0.15) is 5.75 Å². The Balaban J connectivity index is 1.77. The van der Waals surface area contributed by atoms with Crippen molar-refractivity contribution in [3.63, 3.8) is 0 Å². The van der Waals surface area contributed by atoms with Gasteiger partial charge in [0.05, 0.1) is 13.2 Å². The van der Waals surface area contributed by atoms with Gasteiger partial charge in [0.2, 0.25) is 5.91 Å². The molecule has 2 rings (SSSR count). The van der Waals surface area contributed by atoms with E-state index in [-0.39, 0.29) is 30.7 Å². The summed E-state index contributed by atoms with van der Waals surface area (Å²) >= 11 is 0. The fourth-order valence-corrected chi connectivity index (χ4v) is 3.77. The molecule has 178 valence electrons. The van der Waals surface area contributed by atoms with Crippen LogP contribution >= 0.6 is 0 Å². The lowest BCUT2D eigenvalue weighted by atomic mass is 10.0. The molecule has 8 heteroatoms. The molecule has 8 nitrogen and oxygen atoms in total. The Morgan fingerprint density at radius 1 is 1.12 bits per heavy atom. The molecule has 0 radical (unpaired) electrons. The fraction of sp³-hybridized carbons (Fsp3) is 0.625. The summed E-state index contributed by atoms with van der Waals surface area (Å²) in [5, 5.41) is 13.1. The van der Waals surface area contributed by atoms with Gasteiger partial charge in [-0.3, -0.25) is 24.8 Å². The summed E-state index contributed by atoms with van der Waals surface area (Å²) in [6.07, 6.45) is 6.79. The molecule has 0 bridgehead atoms. The Morgan fingerprint density at radius 2 is 1.81 bits per heavy atom. The van der Waals surface area contributed by atoms with E-state index in [1.165, 1.54) is 30.7 Å². The van der Waals surface area contributed by atoms with E-state index in [0.29, 0.717) is 37.7 Å². The van der Waals surface area contributed by atoms with Crippen LogP contribution in [0.2, 0.25) is 0 Å². The molecule has 3 N–H and O–H groups in total. The molecule has 1 aromatic rings. The quantitative estimate of drug-likeness (QED) is 0.313. The molecule has 1 aliphatic rings. The Labute approximate surface area is 190 Å². The average molecular weight is 448 g/mol. The number of benzene rings is 1. The molecule has 0 aliphatic heterocycles. The smallest absolute Gasteiger partial charge is 0.303 e. The van der Waals surface area contributed by atoms with Crippen molar-refractivity contribution in [1.82, 2.24) is 10.4 Å². The zero-order valence-corrected chi connectivity index (χ0v) is 19.3. The van der Waals surface area contributed by atoms with Crippen LogP contribution in [0.5, 0.6) is 5.75 Å². The van der Waals surface area contributed by atoms with E-state index in [1.807, 2.05) is 13.8 Å². The highest BCUT2D eigenvalue weighted by Crippen LogP contribution is 2.28. The standard InChI is InChI=1S/C24H37N3O5/c1-18(2)17-27(26-22(28)14-9-19-6-3-4-7-19)23(29)16-25-20-10-12-21(13-11-20)32-15-5-8-24(30)31/h10-13,18-19,25H,3-9,14-17H2,1-2H3,(H,26,28)(H,30,31). The molecule has 0 spiro atoms. The van der Waals surface area contributed by atoms with Gasteiger partial charge in [-0.2, -0.15) is 0 Å². The van der Waals surface area contributed by atoms with Gasteiger partial charge in [-0.05, 0) is 48.9 Å². The Bertz CT molecular complexity index is 730. The van der Waals surface area contributed by atoms with Crippen LogP contribution in [0.3, 0.4) is 0 Å². The van der Waals surface area contributed by atoms with E-state index in [9.17, 15) is 14.4 Å². The summed E-state index contributed by atoms with van der Waals surface area (Å²) < 4.78 is 5.51. The van der Waals surface area contributed by atoms with Crippen LogP contribution in [0.1, 0.15) is 65.2 Å². The zero-order chi connectivity index (χ0) is 23.3. The van der Waals surface area contributed by atoms with Gasteiger partial charge >= 0.3 is 5.97 Å². The van der Waals surface area contributed by atoms with Gasteiger partial charge < -0.3 is 15.2 Å². The summed E-state index contributed by atoms with van der Waals surface area (Å²) in [6.45, 7) is 4.87. The third-order valence-electron chi connectivity index (χ3n) is 5.46. The minimum absolute atomic E-state index is 0.0639. The number of aliphatic carboxylic acids is 1. The lowest BCUT2D eigenvalue weighted by molar-refractivity contribution is -0.140. The molecule has 2 amide bonds. The van der Waals surface area contributed by atoms with Gasteiger partial charge in [0.25, 0.3) is 5.91 Å². The SMILES string of the molecule is CC(C)CN(NC(=O)CCC1CCCC1)C(=O)CNc1ccc(OCCCC(=O)O)cc1. The molecule has 0 unspecified atom stereocenters. The molecule has 1 fully saturated rings. The summed E-state index contributed by atoms with van der Waals surface area (Å²) in [6, 6.07) is 7.13. The molecule has 32 heavy (non-hydrogen) atoms. The first-order chi connectivity index (χ1) is 15.3. The van der Waals surface area contributed by atoms with Crippen molar-refractivity contribution < 1.29 is 24.2 Å². The maximum absolute atomic E-state index is 12.7. The van der Waals surface area contributed by atoms with Crippen LogP contribution in [0, 0.1) is 11.8 Å². The van der Waals surface area contributed by atoms with Crippen LogP contribution < -0.4 is 15.5 Å². The fourth-order valence-electron chi connectivity index (χ4n) is 3.77. The van der Waals surface area contributed by atoms with Crippen LogP contribution in [-0.2, 0) is 14.4 Å². The maximum Gasteiger partial charge on any atom is 0.303 e. The summed E-state index contributed by atoms with van der Waals surface area (Å²) in [7, 11) is 0. The summed E-state index contributed by atoms with van der Waals surface area (Å²) in [4.78, 5) is 35.6. The third-order valence-corrected chi connectivity index (χ3v) is 5.46. The topological polar surface area (TPSA) is 108 Å². The number of carbonyl (C=O) groups excluding carboxylic acids is 2. The highest BCUT2D eigenvalue weighted by molar-refractivity contribution is 5.84. The Morgan fingerprint density at radius 3 is 2.44 bits per heavy atom. The van der Waals surface area contributed by atoms with E-state index in [0.717, 1.165) is 12.1 Å². The normalized spacial score (nSPS) is 13.7. The second-order valence-corrected chi connectivity index (χ2v) is 8.85. The molecular weight excluding hydrogens is 410 g/mol. The number of hydrogen-bond donors (Lipinski definition) is 3. The second-order valence-electron chi connectivity index (χ2n) is 8.85. The predicted octanol–water partition coefficient (Wildman–Crippen LogP) is 3.83. The van der Waals surface area contributed by atoms with Crippen LogP contribution in [0.25, 0.3) is 0 Å². The van der Waals surface area contributed by atoms with E-state index in [1.54, 1.807) is 24.3 Å². The van der Waals surface area contributed by atoms with Gasteiger partial charge in [0.15, 0.2) is 0 Å². The van der Waals surface area contributed by atoms with Crippen LogP contribution in [0.15, 0.2) is 24.3 Å². The van der Waals surface area contributed by atoms with Crippen molar-refractivity contribution in [2.75, 3.05) is 25.0 Å². The average Bonchev–Trinajstić information content (AvgIpc) is 3.27. The number of ether oxygens (including phenoxy) is 1. The van der Waals surface area contributed by atoms with E-state index in [2.05, 4.69) is 10.7 Å². The van der Waals surface area contributed by atoms with Gasteiger partial charge in [-0.15, -0.1) is 0 Å². The first-order valence-electron chi connectivity index (χ1n) is 11.6. The second kappa shape index (κ2) is 13.6. The van der Waals surface area contributed by atoms with Gasteiger partial charge in [-0.1, -0.05) is 39.5 Å². The number of hydrazine groups is 1. The first-order valence-corrected chi connectivity index (χ1v) is 11.6. The first kappa shape index (κ1) is 25.5. The number of rotatable bonds is 13. The van der Waals surface area contributed by atoms with Crippen LogP contribution in [-0.4, -0.2) is 47.6 Å².